The molecule has 1 unspecified atom stereocenters. The van der Waals surface area contributed by atoms with Crippen LogP contribution in [0.3, 0.4) is 0 Å². The lowest BCUT2D eigenvalue weighted by atomic mass is 9.96. The van der Waals surface area contributed by atoms with Crippen LogP contribution in [-0.4, -0.2) is 25.3 Å². The molecule has 92 valence electrons. The van der Waals surface area contributed by atoms with Gasteiger partial charge >= 0.3 is 0 Å². The van der Waals surface area contributed by atoms with E-state index in [0.29, 0.717) is 6.04 Å². The Labute approximate surface area is 98.2 Å². The van der Waals surface area contributed by atoms with Crippen LogP contribution in [-0.2, 0) is 11.2 Å². The molecule has 0 aromatic carbocycles. The van der Waals surface area contributed by atoms with Crippen LogP contribution >= 0.6 is 0 Å². The van der Waals surface area contributed by atoms with Gasteiger partial charge in [0.25, 0.3) is 0 Å². The van der Waals surface area contributed by atoms with E-state index in [1.807, 2.05) is 12.1 Å². The molecule has 0 fully saturated rings. The summed E-state index contributed by atoms with van der Waals surface area (Å²) in [5.74, 6) is 1.03. The summed E-state index contributed by atoms with van der Waals surface area (Å²) < 4.78 is 10.8. The van der Waals surface area contributed by atoms with Crippen molar-refractivity contribution in [2.45, 2.75) is 45.3 Å². The van der Waals surface area contributed by atoms with Gasteiger partial charge in [-0.3, -0.25) is 0 Å². The van der Waals surface area contributed by atoms with Gasteiger partial charge in [-0.25, -0.2) is 0 Å². The van der Waals surface area contributed by atoms with Crippen LogP contribution in [0.15, 0.2) is 22.8 Å². The molecule has 1 aromatic rings. The van der Waals surface area contributed by atoms with Gasteiger partial charge in [-0.05, 0) is 38.9 Å². The highest BCUT2D eigenvalue weighted by molar-refractivity contribution is 5.01. The molecule has 0 bridgehead atoms. The zero-order valence-electron chi connectivity index (χ0n) is 10.7. The van der Waals surface area contributed by atoms with Gasteiger partial charge in [-0.1, -0.05) is 6.92 Å². The van der Waals surface area contributed by atoms with Crippen molar-refractivity contribution in [3.8, 4) is 0 Å². The lowest BCUT2D eigenvalue weighted by Crippen LogP contribution is -2.38. The first kappa shape index (κ1) is 13.3. The highest BCUT2D eigenvalue weighted by atomic mass is 16.5. The first-order valence-corrected chi connectivity index (χ1v) is 5.88. The Balaban J connectivity index is 2.54. The third-order valence-electron chi connectivity index (χ3n) is 2.81. The normalized spacial score (nSPS) is 14.0. The smallest absolute Gasteiger partial charge is 0.105 e. The van der Waals surface area contributed by atoms with Crippen molar-refractivity contribution >= 4 is 0 Å². The van der Waals surface area contributed by atoms with Crippen LogP contribution < -0.4 is 5.32 Å². The lowest BCUT2D eigenvalue weighted by Gasteiger charge is -2.28. The minimum atomic E-state index is -0.0978. The molecule has 1 atom stereocenters. The average molecular weight is 225 g/mol. The molecule has 0 aliphatic heterocycles. The molecule has 1 heterocycles. The zero-order valence-corrected chi connectivity index (χ0v) is 10.7. The second-order valence-corrected chi connectivity index (χ2v) is 4.71. The molecule has 0 aliphatic carbocycles. The van der Waals surface area contributed by atoms with Crippen molar-refractivity contribution < 1.29 is 9.15 Å². The number of hydrogen-bond donors (Lipinski definition) is 1. The lowest BCUT2D eigenvalue weighted by molar-refractivity contribution is 0.00691. The van der Waals surface area contributed by atoms with E-state index in [0.717, 1.165) is 25.1 Å². The van der Waals surface area contributed by atoms with Gasteiger partial charge < -0.3 is 14.5 Å². The van der Waals surface area contributed by atoms with E-state index in [9.17, 15) is 0 Å². The summed E-state index contributed by atoms with van der Waals surface area (Å²) in [5, 5.41) is 3.47. The summed E-state index contributed by atoms with van der Waals surface area (Å²) >= 11 is 0. The van der Waals surface area contributed by atoms with E-state index in [-0.39, 0.29) is 5.60 Å². The van der Waals surface area contributed by atoms with E-state index in [1.165, 1.54) is 0 Å². The minimum Gasteiger partial charge on any atom is -0.469 e. The Hall–Kier alpha value is -0.800. The third-order valence-corrected chi connectivity index (χ3v) is 2.81. The number of hydrogen-bond acceptors (Lipinski definition) is 3. The van der Waals surface area contributed by atoms with Crippen LogP contribution in [0.2, 0.25) is 0 Å². The average Bonchev–Trinajstić information content (AvgIpc) is 2.70. The zero-order chi connectivity index (χ0) is 12.0. The van der Waals surface area contributed by atoms with E-state index >= 15 is 0 Å². The molecule has 0 radical (unpaired) electrons. The SMILES string of the molecule is CCNC(Cc1ccco1)CC(C)(C)OC. The van der Waals surface area contributed by atoms with E-state index < -0.39 is 0 Å². The predicted molar refractivity (Wildman–Crippen MR) is 65.6 cm³/mol. The van der Waals surface area contributed by atoms with Crippen molar-refractivity contribution in [1.29, 1.82) is 0 Å². The van der Waals surface area contributed by atoms with Gasteiger partial charge in [0.1, 0.15) is 5.76 Å². The molecule has 0 saturated carbocycles. The fraction of sp³-hybridized carbons (Fsp3) is 0.692. The van der Waals surface area contributed by atoms with Crippen molar-refractivity contribution in [2.24, 2.45) is 0 Å². The summed E-state index contributed by atoms with van der Waals surface area (Å²) in [7, 11) is 1.76. The first-order chi connectivity index (χ1) is 7.57. The Morgan fingerprint density at radius 2 is 2.25 bits per heavy atom. The Kier molecular flexibility index (Phi) is 5.03. The Bertz CT molecular complexity index is 280. The molecule has 1 rings (SSSR count). The van der Waals surface area contributed by atoms with E-state index in [4.69, 9.17) is 9.15 Å². The molecule has 3 nitrogen and oxygen atoms in total. The van der Waals surface area contributed by atoms with Crippen LogP contribution in [0, 0.1) is 0 Å². The number of furan rings is 1. The molecule has 16 heavy (non-hydrogen) atoms. The van der Waals surface area contributed by atoms with Crippen LogP contribution in [0.25, 0.3) is 0 Å². The molecule has 0 aliphatic rings. The van der Waals surface area contributed by atoms with Crippen molar-refractivity contribution in [1.82, 2.24) is 5.32 Å². The van der Waals surface area contributed by atoms with Gasteiger partial charge in [0, 0.05) is 19.6 Å². The molecule has 1 N–H and O–H groups in total. The Morgan fingerprint density at radius 1 is 1.50 bits per heavy atom. The maximum atomic E-state index is 5.46. The molecular weight excluding hydrogens is 202 g/mol. The largest absolute Gasteiger partial charge is 0.469 e. The number of ether oxygens (including phenoxy) is 1. The fourth-order valence-corrected chi connectivity index (χ4v) is 1.85. The highest BCUT2D eigenvalue weighted by Gasteiger charge is 2.23. The first-order valence-electron chi connectivity index (χ1n) is 5.88. The minimum absolute atomic E-state index is 0.0978. The van der Waals surface area contributed by atoms with Crippen LogP contribution in [0.4, 0.5) is 0 Å². The second kappa shape index (κ2) is 6.06. The molecular formula is C13H23NO2. The van der Waals surface area contributed by atoms with Gasteiger partial charge in [-0.2, -0.15) is 0 Å². The Morgan fingerprint density at radius 3 is 2.75 bits per heavy atom. The number of likely N-dealkylation sites (N-methyl/N-ethyl adjacent to an activating group) is 1. The molecule has 3 heteroatoms. The topological polar surface area (TPSA) is 34.4 Å². The summed E-state index contributed by atoms with van der Waals surface area (Å²) in [6.07, 6.45) is 3.60. The predicted octanol–water partition coefficient (Wildman–Crippen LogP) is 2.62. The summed E-state index contributed by atoms with van der Waals surface area (Å²) in [6, 6.07) is 4.34. The van der Waals surface area contributed by atoms with E-state index in [2.05, 4.69) is 26.1 Å². The molecule has 0 spiro atoms. The highest BCUT2D eigenvalue weighted by Crippen LogP contribution is 2.18. The number of rotatable bonds is 7. The third kappa shape index (κ3) is 4.37. The maximum absolute atomic E-state index is 5.46. The van der Waals surface area contributed by atoms with Crippen molar-refractivity contribution in [3.63, 3.8) is 0 Å². The van der Waals surface area contributed by atoms with Gasteiger partial charge in [0.15, 0.2) is 0 Å². The number of nitrogens with one attached hydrogen (secondary N) is 1. The molecule has 1 aromatic heterocycles. The maximum Gasteiger partial charge on any atom is 0.105 e. The molecule has 0 saturated heterocycles. The second-order valence-electron chi connectivity index (χ2n) is 4.71. The van der Waals surface area contributed by atoms with Crippen molar-refractivity contribution in [2.75, 3.05) is 13.7 Å². The van der Waals surface area contributed by atoms with Crippen LogP contribution in [0.1, 0.15) is 33.0 Å². The number of methoxy groups -OCH3 is 1. The summed E-state index contributed by atoms with van der Waals surface area (Å²) in [4.78, 5) is 0. The molecule has 0 amide bonds. The van der Waals surface area contributed by atoms with E-state index in [1.54, 1.807) is 13.4 Å². The van der Waals surface area contributed by atoms with Crippen molar-refractivity contribution in [3.05, 3.63) is 24.2 Å². The van der Waals surface area contributed by atoms with Gasteiger partial charge in [0.2, 0.25) is 0 Å². The fourth-order valence-electron chi connectivity index (χ4n) is 1.85. The quantitative estimate of drug-likeness (QED) is 0.774. The monoisotopic (exact) mass is 225 g/mol. The van der Waals surface area contributed by atoms with Gasteiger partial charge in [-0.15, -0.1) is 0 Å². The standard InChI is InChI=1S/C13H23NO2/c1-5-14-11(10-13(2,3)15-4)9-12-7-6-8-16-12/h6-8,11,14H,5,9-10H2,1-4H3. The summed E-state index contributed by atoms with van der Waals surface area (Å²) in [6.45, 7) is 7.30. The summed E-state index contributed by atoms with van der Waals surface area (Å²) in [5.41, 5.74) is -0.0978. The van der Waals surface area contributed by atoms with Gasteiger partial charge in [0.05, 0.1) is 11.9 Å². The van der Waals surface area contributed by atoms with Crippen LogP contribution in [0.5, 0.6) is 0 Å².